The Kier molecular flexibility index (Phi) is 2.61. The van der Waals surface area contributed by atoms with E-state index in [0.717, 1.165) is 19.4 Å². The molecule has 1 fully saturated rings. The highest BCUT2D eigenvalue weighted by Crippen LogP contribution is 2.33. The van der Waals surface area contributed by atoms with Gasteiger partial charge in [-0.3, -0.25) is 0 Å². The first-order valence-corrected chi connectivity index (χ1v) is 4.98. The van der Waals surface area contributed by atoms with E-state index in [2.05, 4.69) is 5.32 Å². The van der Waals surface area contributed by atoms with Gasteiger partial charge in [0.1, 0.15) is 16.6 Å². The largest absolute Gasteiger partial charge is 0.506 e. The first kappa shape index (κ1) is 9.74. The van der Waals surface area contributed by atoms with Crippen molar-refractivity contribution in [3.8, 4) is 5.75 Å². The molecule has 1 aliphatic rings. The third-order valence-electron chi connectivity index (χ3n) is 2.53. The Bertz CT molecular complexity index is 350. The molecule has 2 N–H and O–H groups in total. The summed E-state index contributed by atoms with van der Waals surface area (Å²) in [6, 6.07) is 3.05. The van der Waals surface area contributed by atoms with Gasteiger partial charge >= 0.3 is 0 Å². The minimum absolute atomic E-state index is 0.0353. The van der Waals surface area contributed by atoms with Crippen molar-refractivity contribution in [1.82, 2.24) is 5.32 Å². The molecule has 14 heavy (non-hydrogen) atoms. The Morgan fingerprint density at radius 1 is 1.50 bits per heavy atom. The van der Waals surface area contributed by atoms with E-state index in [0.29, 0.717) is 5.56 Å². The number of phenolic OH excluding ortho intramolecular Hbond substituents is 1. The molecule has 4 heteroatoms. The van der Waals surface area contributed by atoms with Crippen molar-refractivity contribution in [3.05, 3.63) is 28.5 Å². The first-order chi connectivity index (χ1) is 6.70. The Hall–Kier alpha value is -0.800. The highest BCUT2D eigenvalue weighted by Gasteiger charge is 2.21. The van der Waals surface area contributed by atoms with Crippen LogP contribution in [0.3, 0.4) is 0 Å². The molecule has 1 unspecified atom stereocenters. The lowest BCUT2D eigenvalue weighted by Crippen LogP contribution is -2.14. The van der Waals surface area contributed by atoms with Gasteiger partial charge in [0.05, 0.1) is 0 Å². The lowest BCUT2D eigenvalue weighted by atomic mass is 10.0. The van der Waals surface area contributed by atoms with Crippen LogP contribution in [0.25, 0.3) is 0 Å². The van der Waals surface area contributed by atoms with Crippen molar-refractivity contribution >= 4 is 11.6 Å². The van der Waals surface area contributed by atoms with Gasteiger partial charge in [-0.25, -0.2) is 4.39 Å². The summed E-state index contributed by atoms with van der Waals surface area (Å²) in [5.74, 6) is -0.711. The zero-order valence-corrected chi connectivity index (χ0v) is 8.31. The average molecular weight is 216 g/mol. The van der Waals surface area contributed by atoms with Crippen LogP contribution in [0, 0.1) is 5.82 Å². The molecule has 1 heterocycles. The molecule has 0 aliphatic carbocycles. The summed E-state index contributed by atoms with van der Waals surface area (Å²) in [5.41, 5.74) is 0.547. The Morgan fingerprint density at radius 2 is 2.29 bits per heavy atom. The number of halogens is 2. The molecular weight excluding hydrogens is 205 g/mol. The van der Waals surface area contributed by atoms with Crippen molar-refractivity contribution in [2.75, 3.05) is 6.54 Å². The molecule has 1 aromatic carbocycles. The van der Waals surface area contributed by atoms with E-state index in [1.54, 1.807) is 6.07 Å². The summed E-state index contributed by atoms with van der Waals surface area (Å²) in [7, 11) is 0. The number of aromatic hydroxyl groups is 1. The van der Waals surface area contributed by atoms with Crippen molar-refractivity contribution in [3.63, 3.8) is 0 Å². The number of phenols is 1. The van der Waals surface area contributed by atoms with Crippen LogP contribution in [0.5, 0.6) is 5.75 Å². The number of rotatable bonds is 1. The van der Waals surface area contributed by atoms with Gasteiger partial charge in [-0.15, -0.1) is 0 Å². The molecule has 0 spiro atoms. The summed E-state index contributed by atoms with van der Waals surface area (Å²) in [5, 5.41) is 12.2. The molecular formula is C10H11ClFNO. The summed E-state index contributed by atoms with van der Waals surface area (Å²) < 4.78 is 13.6. The second-order valence-electron chi connectivity index (χ2n) is 3.45. The van der Waals surface area contributed by atoms with E-state index in [9.17, 15) is 9.50 Å². The number of nitrogens with one attached hydrogen (secondary N) is 1. The van der Waals surface area contributed by atoms with Gasteiger partial charge in [0.25, 0.3) is 0 Å². The molecule has 76 valence electrons. The molecule has 2 rings (SSSR count). The van der Waals surface area contributed by atoms with Gasteiger partial charge in [0, 0.05) is 11.6 Å². The molecule has 1 atom stereocenters. The molecule has 0 saturated carbocycles. The molecule has 0 bridgehead atoms. The molecule has 0 aromatic heterocycles. The second kappa shape index (κ2) is 3.75. The highest BCUT2D eigenvalue weighted by molar-refractivity contribution is 6.32. The SMILES string of the molecule is Oc1ccc(C2CCCN2)c(F)c1Cl. The summed E-state index contributed by atoms with van der Waals surface area (Å²) in [6.07, 6.45) is 1.96. The zero-order valence-electron chi connectivity index (χ0n) is 7.56. The number of benzene rings is 1. The molecule has 1 aromatic rings. The normalized spacial score (nSPS) is 21.4. The average Bonchev–Trinajstić information content (AvgIpc) is 2.67. The van der Waals surface area contributed by atoms with E-state index >= 15 is 0 Å². The third kappa shape index (κ3) is 1.57. The fraction of sp³-hybridized carbons (Fsp3) is 0.400. The predicted molar refractivity (Wildman–Crippen MR) is 53.1 cm³/mol. The minimum atomic E-state index is -0.508. The maximum absolute atomic E-state index is 13.6. The van der Waals surface area contributed by atoms with E-state index in [1.165, 1.54) is 6.07 Å². The van der Waals surface area contributed by atoms with Crippen LogP contribution in [-0.4, -0.2) is 11.7 Å². The number of hydrogen-bond acceptors (Lipinski definition) is 2. The van der Waals surface area contributed by atoms with Crippen molar-refractivity contribution in [1.29, 1.82) is 0 Å². The quantitative estimate of drug-likeness (QED) is 0.755. The predicted octanol–water partition coefficient (Wildman–Crippen LogP) is 2.61. The third-order valence-corrected chi connectivity index (χ3v) is 2.89. The fourth-order valence-corrected chi connectivity index (χ4v) is 1.95. The highest BCUT2D eigenvalue weighted by atomic mass is 35.5. The lowest BCUT2D eigenvalue weighted by Gasteiger charge is -2.12. The van der Waals surface area contributed by atoms with Gasteiger partial charge in [-0.05, 0) is 25.5 Å². The van der Waals surface area contributed by atoms with Gasteiger partial charge in [0.15, 0.2) is 0 Å². The van der Waals surface area contributed by atoms with Gasteiger partial charge in [-0.2, -0.15) is 0 Å². The van der Waals surface area contributed by atoms with E-state index in [1.807, 2.05) is 0 Å². The maximum Gasteiger partial charge on any atom is 0.150 e. The second-order valence-corrected chi connectivity index (χ2v) is 3.83. The van der Waals surface area contributed by atoms with Gasteiger partial charge < -0.3 is 10.4 Å². The Labute approximate surface area is 86.7 Å². The molecule has 0 amide bonds. The standard InChI is InChI=1S/C10H11ClFNO/c11-9-8(14)4-3-6(10(9)12)7-2-1-5-13-7/h3-4,7,13-14H,1-2,5H2. The van der Waals surface area contributed by atoms with E-state index in [-0.39, 0.29) is 16.8 Å². The zero-order chi connectivity index (χ0) is 10.1. The number of hydrogen-bond donors (Lipinski definition) is 2. The van der Waals surface area contributed by atoms with Crippen molar-refractivity contribution in [2.24, 2.45) is 0 Å². The maximum atomic E-state index is 13.6. The molecule has 0 radical (unpaired) electrons. The van der Waals surface area contributed by atoms with E-state index < -0.39 is 5.82 Å². The van der Waals surface area contributed by atoms with Crippen LogP contribution in [0.15, 0.2) is 12.1 Å². The van der Waals surface area contributed by atoms with Crippen LogP contribution in [0.4, 0.5) is 4.39 Å². The summed E-state index contributed by atoms with van der Waals surface area (Å²) in [6.45, 7) is 0.905. The van der Waals surface area contributed by atoms with Crippen LogP contribution in [0.2, 0.25) is 5.02 Å². The Morgan fingerprint density at radius 3 is 2.93 bits per heavy atom. The monoisotopic (exact) mass is 215 g/mol. The molecule has 2 nitrogen and oxygen atoms in total. The van der Waals surface area contributed by atoms with Crippen LogP contribution in [0.1, 0.15) is 24.4 Å². The molecule has 1 aliphatic heterocycles. The first-order valence-electron chi connectivity index (χ1n) is 4.60. The fourth-order valence-electron chi connectivity index (χ4n) is 1.77. The summed E-state index contributed by atoms with van der Waals surface area (Å²) >= 11 is 5.61. The van der Waals surface area contributed by atoms with Crippen LogP contribution >= 0.6 is 11.6 Å². The Balaban J connectivity index is 2.38. The van der Waals surface area contributed by atoms with Crippen molar-refractivity contribution in [2.45, 2.75) is 18.9 Å². The minimum Gasteiger partial charge on any atom is -0.506 e. The van der Waals surface area contributed by atoms with Gasteiger partial charge in [-0.1, -0.05) is 17.7 Å². The van der Waals surface area contributed by atoms with Crippen molar-refractivity contribution < 1.29 is 9.50 Å². The topological polar surface area (TPSA) is 32.3 Å². The van der Waals surface area contributed by atoms with Crippen LogP contribution < -0.4 is 5.32 Å². The summed E-state index contributed by atoms with van der Waals surface area (Å²) in [4.78, 5) is 0. The molecule has 1 saturated heterocycles. The van der Waals surface area contributed by atoms with Gasteiger partial charge in [0.2, 0.25) is 0 Å². The van der Waals surface area contributed by atoms with E-state index in [4.69, 9.17) is 11.6 Å². The lowest BCUT2D eigenvalue weighted by molar-refractivity contribution is 0.465. The smallest absolute Gasteiger partial charge is 0.150 e. The van der Waals surface area contributed by atoms with Crippen LogP contribution in [-0.2, 0) is 0 Å².